The van der Waals surface area contributed by atoms with Crippen molar-refractivity contribution in [1.82, 2.24) is 4.31 Å². The quantitative estimate of drug-likeness (QED) is 0.703. The van der Waals surface area contributed by atoms with Crippen LogP contribution in [0.15, 0.2) is 22.8 Å². The normalized spacial score (nSPS) is 12.2. The summed E-state index contributed by atoms with van der Waals surface area (Å²) < 4.78 is 27.3. The molecule has 0 aliphatic rings. The van der Waals surface area contributed by atoms with Gasteiger partial charge >= 0.3 is 0 Å². The van der Waals surface area contributed by atoms with E-state index in [1.165, 1.54) is 13.3 Å². The zero-order chi connectivity index (χ0) is 9.19. The van der Waals surface area contributed by atoms with Crippen molar-refractivity contribution in [3.8, 4) is 0 Å². The average Bonchev–Trinajstić information content (AvgIpc) is 2.37. The first-order valence-electron chi connectivity index (χ1n) is 3.18. The summed E-state index contributed by atoms with van der Waals surface area (Å²) in [6, 6.07) is 3.36. The van der Waals surface area contributed by atoms with Gasteiger partial charge in [-0.15, -0.1) is 0 Å². The molecule has 0 spiro atoms. The Bertz CT molecular complexity index is 332. The van der Waals surface area contributed by atoms with Gasteiger partial charge in [0, 0.05) is 17.7 Å². The van der Waals surface area contributed by atoms with Gasteiger partial charge in [-0.3, -0.25) is 0 Å². The summed E-state index contributed by atoms with van der Waals surface area (Å²) in [5.41, 5.74) is 0. The SMILES string of the molecule is CN(Cc1ccco1)S(=O)(=O)Cl. The van der Waals surface area contributed by atoms with Crippen LogP contribution in [0.4, 0.5) is 0 Å². The summed E-state index contributed by atoms with van der Waals surface area (Å²) in [5, 5.41) is 0. The van der Waals surface area contributed by atoms with Gasteiger partial charge in [-0.1, -0.05) is 0 Å². The Morgan fingerprint density at radius 2 is 2.33 bits per heavy atom. The third kappa shape index (κ3) is 2.51. The molecule has 68 valence electrons. The van der Waals surface area contributed by atoms with Crippen LogP contribution < -0.4 is 0 Å². The molecule has 0 bridgehead atoms. The van der Waals surface area contributed by atoms with E-state index in [0.29, 0.717) is 5.76 Å². The first-order valence-corrected chi connectivity index (χ1v) is 5.45. The molecule has 4 nitrogen and oxygen atoms in total. The molecule has 0 saturated carbocycles. The summed E-state index contributed by atoms with van der Waals surface area (Å²) in [4.78, 5) is 0. The van der Waals surface area contributed by atoms with E-state index in [9.17, 15) is 8.42 Å². The average molecular weight is 210 g/mol. The van der Waals surface area contributed by atoms with Crippen LogP contribution >= 0.6 is 10.7 Å². The van der Waals surface area contributed by atoms with Gasteiger partial charge in [0.15, 0.2) is 0 Å². The van der Waals surface area contributed by atoms with Gasteiger partial charge in [0.1, 0.15) is 5.76 Å². The Labute approximate surface area is 75.3 Å². The minimum atomic E-state index is -3.63. The molecule has 1 aromatic heterocycles. The number of rotatable bonds is 3. The number of nitrogens with zero attached hydrogens (tertiary/aromatic N) is 1. The molecule has 0 atom stereocenters. The van der Waals surface area contributed by atoms with E-state index in [0.717, 1.165) is 4.31 Å². The molecule has 0 radical (unpaired) electrons. The third-order valence-electron chi connectivity index (χ3n) is 1.33. The van der Waals surface area contributed by atoms with Crippen LogP contribution in [-0.4, -0.2) is 19.8 Å². The Kier molecular flexibility index (Phi) is 2.76. The summed E-state index contributed by atoms with van der Waals surface area (Å²) >= 11 is 0. The van der Waals surface area contributed by atoms with E-state index in [1.54, 1.807) is 12.1 Å². The van der Waals surface area contributed by atoms with Crippen LogP contribution in [0.3, 0.4) is 0 Å². The molecule has 6 heteroatoms. The fraction of sp³-hybridized carbons (Fsp3) is 0.333. The van der Waals surface area contributed by atoms with Gasteiger partial charge in [0.25, 0.3) is 9.24 Å². The number of halogens is 1. The van der Waals surface area contributed by atoms with Crippen LogP contribution in [0.1, 0.15) is 5.76 Å². The van der Waals surface area contributed by atoms with Crippen molar-refractivity contribution in [2.24, 2.45) is 0 Å². The highest BCUT2D eigenvalue weighted by Crippen LogP contribution is 2.09. The highest BCUT2D eigenvalue weighted by Gasteiger charge is 2.14. The fourth-order valence-electron chi connectivity index (χ4n) is 0.699. The van der Waals surface area contributed by atoms with E-state index in [2.05, 4.69) is 0 Å². The third-order valence-corrected chi connectivity index (χ3v) is 2.91. The topological polar surface area (TPSA) is 50.5 Å². The molecule has 1 heterocycles. The fourth-order valence-corrected chi connectivity index (χ4v) is 1.13. The van der Waals surface area contributed by atoms with E-state index in [1.807, 2.05) is 0 Å². The Hall–Kier alpha value is -0.520. The zero-order valence-corrected chi connectivity index (χ0v) is 7.97. The number of hydrogen-bond donors (Lipinski definition) is 0. The molecule has 0 aliphatic carbocycles. The molecule has 0 fully saturated rings. The standard InChI is InChI=1S/C6H8ClNO3S/c1-8(12(7,9)10)5-6-3-2-4-11-6/h2-4H,5H2,1H3. The van der Waals surface area contributed by atoms with Crippen LogP contribution in [-0.2, 0) is 15.8 Å². The first kappa shape index (κ1) is 9.57. The minimum Gasteiger partial charge on any atom is -0.468 e. The number of hydrogen-bond acceptors (Lipinski definition) is 3. The lowest BCUT2D eigenvalue weighted by atomic mass is 10.4. The van der Waals surface area contributed by atoms with Crippen LogP contribution in [0.2, 0.25) is 0 Å². The van der Waals surface area contributed by atoms with E-state index in [-0.39, 0.29) is 6.54 Å². The second kappa shape index (κ2) is 3.47. The summed E-state index contributed by atoms with van der Waals surface area (Å²) in [6.07, 6.45) is 1.48. The number of furan rings is 1. The Balaban J connectivity index is 2.66. The summed E-state index contributed by atoms with van der Waals surface area (Å²) in [6.45, 7) is 0.152. The second-order valence-corrected chi connectivity index (χ2v) is 4.90. The monoisotopic (exact) mass is 209 g/mol. The van der Waals surface area contributed by atoms with Crippen molar-refractivity contribution in [3.63, 3.8) is 0 Å². The second-order valence-electron chi connectivity index (χ2n) is 2.28. The predicted octanol–water partition coefficient (Wildman–Crippen LogP) is 1.20. The largest absolute Gasteiger partial charge is 0.468 e. The minimum absolute atomic E-state index is 0.152. The maximum absolute atomic E-state index is 10.7. The van der Waals surface area contributed by atoms with Gasteiger partial charge in [0.05, 0.1) is 12.8 Å². The molecule has 0 aromatic carbocycles. The van der Waals surface area contributed by atoms with E-state index < -0.39 is 9.24 Å². The van der Waals surface area contributed by atoms with Gasteiger partial charge in [-0.25, -0.2) is 0 Å². The smallest absolute Gasteiger partial charge is 0.299 e. The summed E-state index contributed by atoms with van der Waals surface area (Å²) in [5.74, 6) is 0.557. The van der Waals surface area contributed by atoms with Gasteiger partial charge < -0.3 is 4.42 Å². The molecule has 0 amide bonds. The van der Waals surface area contributed by atoms with Crippen LogP contribution in [0, 0.1) is 0 Å². The highest BCUT2D eigenvalue weighted by atomic mass is 35.7. The lowest BCUT2D eigenvalue weighted by Crippen LogP contribution is -2.21. The van der Waals surface area contributed by atoms with Crippen molar-refractivity contribution in [1.29, 1.82) is 0 Å². The van der Waals surface area contributed by atoms with E-state index in [4.69, 9.17) is 15.1 Å². The van der Waals surface area contributed by atoms with E-state index >= 15 is 0 Å². The predicted molar refractivity (Wildman–Crippen MR) is 44.9 cm³/mol. The first-order chi connectivity index (χ1) is 5.50. The molecular formula is C6H8ClNO3S. The molecule has 12 heavy (non-hydrogen) atoms. The molecule has 0 unspecified atom stereocenters. The Morgan fingerprint density at radius 1 is 1.67 bits per heavy atom. The molecule has 0 N–H and O–H groups in total. The molecule has 1 aromatic rings. The van der Waals surface area contributed by atoms with Crippen molar-refractivity contribution < 1.29 is 12.8 Å². The zero-order valence-electron chi connectivity index (χ0n) is 6.40. The van der Waals surface area contributed by atoms with Gasteiger partial charge in [0.2, 0.25) is 0 Å². The maximum atomic E-state index is 10.7. The molecule has 0 aliphatic heterocycles. The van der Waals surface area contributed by atoms with Crippen molar-refractivity contribution in [2.75, 3.05) is 7.05 Å². The van der Waals surface area contributed by atoms with Crippen molar-refractivity contribution in [2.45, 2.75) is 6.54 Å². The van der Waals surface area contributed by atoms with Gasteiger partial charge in [-0.05, 0) is 12.1 Å². The van der Waals surface area contributed by atoms with Crippen LogP contribution in [0.5, 0.6) is 0 Å². The lowest BCUT2D eigenvalue weighted by Gasteiger charge is -2.09. The van der Waals surface area contributed by atoms with Crippen LogP contribution in [0.25, 0.3) is 0 Å². The molecular weight excluding hydrogens is 202 g/mol. The van der Waals surface area contributed by atoms with Crippen molar-refractivity contribution >= 4 is 19.9 Å². The van der Waals surface area contributed by atoms with Gasteiger partial charge in [-0.2, -0.15) is 12.7 Å². The Morgan fingerprint density at radius 3 is 2.75 bits per heavy atom. The molecule has 1 rings (SSSR count). The maximum Gasteiger partial charge on any atom is 0.299 e. The lowest BCUT2D eigenvalue weighted by molar-refractivity contribution is 0.413. The summed E-state index contributed by atoms with van der Waals surface area (Å²) in [7, 11) is 2.80. The highest BCUT2D eigenvalue weighted by molar-refractivity contribution is 8.11. The van der Waals surface area contributed by atoms with Crippen molar-refractivity contribution in [3.05, 3.63) is 24.2 Å². The molecule has 0 saturated heterocycles.